The fourth-order valence-corrected chi connectivity index (χ4v) is 3.16. The maximum Gasteiger partial charge on any atom is 0.346 e. The first-order valence-corrected chi connectivity index (χ1v) is 9.29. The monoisotopic (exact) mass is 417 g/mol. The topological polar surface area (TPSA) is 125 Å². The molecule has 0 saturated heterocycles. The lowest BCUT2D eigenvalue weighted by Crippen LogP contribution is -2.32. The molecule has 1 fully saturated rings. The van der Waals surface area contributed by atoms with Crippen molar-refractivity contribution in [2.45, 2.75) is 25.4 Å². The van der Waals surface area contributed by atoms with Crippen LogP contribution >= 0.6 is 11.6 Å². The van der Waals surface area contributed by atoms with Crippen LogP contribution in [0.3, 0.4) is 0 Å². The lowest BCUT2D eigenvalue weighted by atomic mass is 10.2. The molecule has 1 aliphatic carbocycles. The Labute approximate surface area is 168 Å². The molecule has 1 aromatic carbocycles. The third-order valence-corrected chi connectivity index (χ3v) is 4.86. The first-order valence-electron chi connectivity index (χ1n) is 8.91. The van der Waals surface area contributed by atoms with E-state index in [1.807, 2.05) is 0 Å². The fourth-order valence-electron chi connectivity index (χ4n) is 2.97. The van der Waals surface area contributed by atoms with Gasteiger partial charge in [-0.05, 0) is 37.1 Å². The van der Waals surface area contributed by atoms with Crippen molar-refractivity contribution < 1.29 is 14.1 Å². The lowest BCUT2D eigenvalue weighted by molar-refractivity contribution is -0.384. The van der Waals surface area contributed by atoms with Crippen LogP contribution in [0.25, 0.3) is 11.6 Å². The number of hydrogen-bond acceptors (Lipinski definition) is 6. The zero-order chi connectivity index (χ0) is 20.5. The summed E-state index contributed by atoms with van der Waals surface area (Å²) >= 11 is 5.76. The molecule has 0 unspecified atom stereocenters. The predicted octanol–water partition coefficient (Wildman–Crippen LogP) is 2.63. The number of carbonyl (C=O) groups excluding carboxylic acids is 1. The van der Waals surface area contributed by atoms with Crippen molar-refractivity contribution in [2.75, 3.05) is 6.54 Å². The number of nitro benzene ring substituents is 1. The minimum atomic E-state index is -0.653. The molecular formula is C18H16ClN5O5. The van der Waals surface area contributed by atoms with Crippen molar-refractivity contribution in [1.82, 2.24) is 19.7 Å². The Hall–Kier alpha value is -3.40. The predicted molar refractivity (Wildman–Crippen MR) is 103 cm³/mol. The summed E-state index contributed by atoms with van der Waals surface area (Å²) in [6.45, 7) is 0.266. The van der Waals surface area contributed by atoms with E-state index in [1.54, 1.807) is 16.7 Å². The molecule has 2 heterocycles. The maximum atomic E-state index is 12.7. The summed E-state index contributed by atoms with van der Waals surface area (Å²) in [4.78, 5) is 35.3. The average Bonchev–Trinajstić information content (AvgIpc) is 3.27. The summed E-state index contributed by atoms with van der Waals surface area (Å²) in [5.74, 6) is 0.457. The molecule has 1 saturated carbocycles. The highest BCUT2D eigenvalue weighted by Gasteiger charge is 2.31. The van der Waals surface area contributed by atoms with E-state index in [1.165, 1.54) is 23.1 Å². The zero-order valence-electron chi connectivity index (χ0n) is 15.1. The number of furan rings is 1. The average molecular weight is 418 g/mol. The van der Waals surface area contributed by atoms with Gasteiger partial charge in [-0.2, -0.15) is 0 Å². The Morgan fingerprint density at radius 1 is 1.38 bits per heavy atom. The normalized spacial score (nSPS) is 13.4. The minimum absolute atomic E-state index is 0.0471. The summed E-state index contributed by atoms with van der Waals surface area (Å²) in [5.41, 5.74) is -0.509. The first-order chi connectivity index (χ1) is 14.0. The van der Waals surface area contributed by atoms with E-state index in [4.69, 9.17) is 16.0 Å². The molecule has 29 heavy (non-hydrogen) atoms. The molecule has 0 atom stereocenters. The van der Waals surface area contributed by atoms with Crippen LogP contribution in [0.15, 0.2) is 45.8 Å². The number of rotatable bonds is 7. The van der Waals surface area contributed by atoms with E-state index in [0.29, 0.717) is 11.6 Å². The number of carbonyl (C=O) groups is 1. The number of nitrogens with zero attached hydrogens (tertiary/aromatic N) is 4. The van der Waals surface area contributed by atoms with Gasteiger partial charge in [0, 0.05) is 24.2 Å². The molecular weight excluding hydrogens is 402 g/mol. The Morgan fingerprint density at radius 2 is 2.17 bits per heavy atom. The van der Waals surface area contributed by atoms with Crippen LogP contribution < -0.4 is 11.0 Å². The molecule has 0 bridgehead atoms. The Balaban J connectivity index is 1.47. The number of amides is 1. The van der Waals surface area contributed by atoms with E-state index in [2.05, 4.69) is 10.4 Å². The van der Waals surface area contributed by atoms with E-state index in [-0.39, 0.29) is 41.1 Å². The number of hydrogen-bond donors (Lipinski definition) is 1. The molecule has 3 aromatic rings. The van der Waals surface area contributed by atoms with Gasteiger partial charge in [0.1, 0.15) is 5.02 Å². The van der Waals surface area contributed by atoms with Crippen LogP contribution in [0.4, 0.5) is 5.69 Å². The van der Waals surface area contributed by atoms with Crippen LogP contribution in [-0.2, 0) is 6.54 Å². The van der Waals surface area contributed by atoms with Gasteiger partial charge in [0.2, 0.25) is 5.82 Å². The molecule has 0 spiro atoms. The molecule has 1 N–H and O–H groups in total. The van der Waals surface area contributed by atoms with Crippen molar-refractivity contribution in [3.8, 4) is 11.6 Å². The van der Waals surface area contributed by atoms with Gasteiger partial charge in [-0.3, -0.25) is 19.5 Å². The van der Waals surface area contributed by atoms with Gasteiger partial charge >= 0.3 is 5.69 Å². The Bertz CT molecular complexity index is 1130. The summed E-state index contributed by atoms with van der Waals surface area (Å²) in [6.07, 6.45) is 3.33. The van der Waals surface area contributed by atoms with Gasteiger partial charge < -0.3 is 9.73 Å². The van der Waals surface area contributed by atoms with Crippen LogP contribution in [0, 0.1) is 10.1 Å². The third-order valence-electron chi connectivity index (χ3n) is 4.54. The second-order valence-electron chi connectivity index (χ2n) is 6.59. The van der Waals surface area contributed by atoms with Crippen molar-refractivity contribution in [3.63, 3.8) is 0 Å². The van der Waals surface area contributed by atoms with E-state index in [0.717, 1.165) is 18.9 Å². The van der Waals surface area contributed by atoms with Crippen LogP contribution in [0.1, 0.15) is 29.2 Å². The third kappa shape index (κ3) is 3.79. The number of benzene rings is 1. The molecule has 0 radical (unpaired) electrons. The highest BCUT2D eigenvalue weighted by atomic mass is 35.5. The first kappa shape index (κ1) is 18.9. The standard InChI is InChI=1S/C18H16ClN5O5/c19-13-6-3-11(10-14(13)24(27)28)17(25)20-7-8-22-18(26)23(12-4-5-12)16(21-22)15-2-1-9-29-15/h1-3,6,9-10,12H,4-5,7-8H2,(H,20,25). The lowest BCUT2D eigenvalue weighted by Gasteiger charge is -2.05. The van der Waals surface area contributed by atoms with Gasteiger partial charge in [0.25, 0.3) is 11.6 Å². The van der Waals surface area contributed by atoms with Crippen LogP contribution in [0.5, 0.6) is 0 Å². The molecule has 2 aromatic heterocycles. The summed E-state index contributed by atoms with van der Waals surface area (Å²) in [5, 5.41) is 17.9. The number of nitro groups is 1. The molecule has 1 amide bonds. The van der Waals surface area contributed by atoms with Crippen LogP contribution in [-0.4, -0.2) is 31.7 Å². The molecule has 11 heteroatoms. The maximum absolute atomic E-state index is 12.7. The highest BCUT2D eigenvalue weighted by molar-refractivity contribution is 6.32. The fraction of sp³-hybridized carbons (Fsp3) is 0.278. The second kappa shape index (κ2) is 7.55. The summed E-state index contributed by atoms with van der Waals surface area (Å²) in [6, 6.07) is 7.38. The van der Waals surface area contributed by atoms with Gasteiger partial charge in [0.05, 0.1) is 17.7 Å². The smallest absolute Gasteiger partial charge is 0.346 e. The van der Waals surface area contributed by atoms with Gasteiger partial charge in [-0.1, -0.05) is 11.6 Å². The molecule has 1 aliphatic rings. The van der Waals surface area contributed by atoms with Crippen molar-refractivity contribution in [1.29, 1.82) is 0 Å². The minimum Gasteiger partial charge on any atom is -0.461 e. The Kier molecular flexibility index (Phi) is 4.93. The molecule has 150 valence electrons. The molecule has 10 nitrogen and oxygen atoms in total. The van der Waals surface area contributed by atoms with Crippen molar-refractivity contribution in [3.05, 3.63) is 67.8 Å². The SMILES string of the molecule is O=C(NCCn1nc(-c2ccco2)n(C2CC2)c1=O)c1ccc(Cl)c([N+](=O)[O-])c1. The van der Waals surface area contributed by atoms with E-state index < -0.39 is 10.8 Å². The van der Waals surface area contributed by atoms with Crippen molar-refractivity contribution in [2.24, 2.45) is 0 Å². The Morgan fingerprint density at radius 3 is 2.83 bits per heavy atom. The number of aromatic nitrogens is 3. The highest BCUT2D eigenvalue weighted by Crippen LogP contribution is 2.36. The summed E-state index contributed by atoms with van der Waals surface area (Å²) in [7, 11) is 0. The second-order valence-corrected chi connectivity index (χ2v) is 6.99. The number of halogens is 1. The van der Waals surface area contributed by atoms with Crippen LogP contribution in [0.2, 0.25) is 5.02 Å². The molecule has 4 rings (SSSR count). The largest absolute Gasteiger partial charge is 0.461 e. The van der Waals surface area contributed by atoms with E-state index >= 15 is 0 Å². The summed E-state index contributed by atoms with van der Waals surface area (Å²) < 4.78 is 8.27. The van der Waals surface area contributed by atoms with E-state index in [9.17, 15) is 19.7 Å². The zero-order valence-corrected chi connectivity index (χ0v) is 15.8. The van der Waals surface area contributed by atoms with Gasteiger partial charge in [-0.25, -0.2) is 9.48 Å². The van der Waals surface area contributed by atoms with Crippen molar-refractivity contribution >= 4 is 23.2 Å². The van der Waals surface area contributed by atoms with Gasteiger partial charge in [-0.15, -0.1) is 5.10 Å². The quantitative estimate of drug-likeness (QED) is 0.465. The van der Waals surface area contributed by atoms with Gasteiger partial charge in [0.15, 0.2) is 5.76 Å². The number of nitrogens with one attached hydrogen (secondary N) is 1. The molecule has 0 aliphatic heterocycles.